The van der Waals surface area contributed by atoms with Gasteiger partial charge in [0.1, 0.15) is 6.54 Å². The molecule has 1 amide bonds. The van der Waals surface area contributed by atoms with Crippen LogP contribution in [0.5, 0.6) is 0 Å². The van der Waals surface area contributed by atoms with E-state index >= 15 is 0 Å². The summed E-state index contributed by atoms with van der Waals surface area (Å²) in [6.45, 7) is 1.26. The quantitative estimate of drug-likeness (QED) is 0.669. The van der Waals surface area contributed by atoms with Gasteiger partial charge in [-0.3, -0.25) is 4.79 Å². The van der Waals surface area contributed by atoms with Gasteiger partial charge in [-0.05, 0) is 35.2 Å². The van der Waals surface area contributed by atoms with Crippen LogP contribution in [0.25, 0.3) is 10.8 Å². The summed E-state index contributed by atoms with van der Waals surface area (Å²) in [5.74, 6) is 0.0415. The largest absolute Gasteiger partial charge is 0.326 e. The maximum Gasteiger partial charge on any atom is 0.279 e. The summed E-state index contributed by atoms with van der Waals surface area (Å²) in [5.41, 5.74) is 2.13. The Balaban J connectivity index is 1.61. The van der Waals surface area contributed by atoms with Gasteiger partial charge < -0.3 is 10.2 Å². The van der Waals surface area contributed by atoms with Gasteiger partial charge in [0, 0.05) is 10.5 Å². The lowest BCUT2D eigenvalue weighted by atomic mass is 10.1. The van der Waals surface area contributed by atoms with Crippen molar-refractivity contribution in [3.8, 4) is 0 Å². The van der Waals surface area contributed by atoms with E-state index in [1.807, 2.05) is 30.5 Å². The van der Waals surface area contributed by atoms with Crippen molar-refractivity contribution in [2.75, 3.05) is 25.2 Å². The molecular weight excluding hydrogens is 328 g/mol. The average Bonchev–Trinajstić information content (AvgIpc) is 2.62. The van der Waals surface area contributed by atoms with Gasteiger partial charge in [-0.1, -0.05) is 48.5 Å². The Morgan fingerprint density at radius 2 is 1.72 bits per heavy atom. The van der Waals surface area contributed by atoms with Gasteiger partial charge in [-0.25, -0.2) is 0 Å². The number of carbonyl (C=O) groups excluding carboxylic acids is 1. The van der Waals surface area contributed by atoms with Crippen LogP contribution in [0.1, 0.15) is 5.56 Å². The van der Waals surface area contributed by atoms with Crippen LogP contribution in [0.3, 0.4) is 0 Å². The first-order valence-electron chi connectivity index (χ1n) is 8.37. The number of hydrogen-bond donors (Lipinski definition) is 2. The number of benzene rings is 3. The predicted octanol–water partition coefficient (Wildman–Crippen LogP) is 3.22. The Morgan fingerprint density at radius 3 is 2.52 bits per heavy atom. The smallest absolute Gasteiger partial charge is 0.279 e. The molecule has 0 fully saturated rings. The fraction of sp³-hybridized carbons (Fsp3) is 0.190. The number of para-hydroxylation sites is 1. The Morgan fingerprint density at radius 1 is 1.00 bits per heavy atom. The molecule has 128 valence electrons. The summed E-state index contributed by atoms with van der Waals surface area (Å²) >= 11 is 1.64. The number of anilines is 1. The highest BCUT2D eigenvalue weighted by Crippen LogP contribution is 2.24. The van der Waals surface area contributed by atoms with Crippen molar-refractivity contribution in [2.24, 2.45) is 0 Å². The number of thioether (sulfide) groups is 1. The summed E-state index contributed by atoms with van der Waals surface area (Å²) in [5, 5.41) is 5.51. The number of likely N-dealkylation sites (N-methyl/N-ethyl adjacent to an activating group) is 1. The lowest BCUT2D eigenvalue weighted by Gasteiger charge is -2.15. The fourth-order valence-electron chi connectivity index (χ4n) is 2.98. The van der Waals surface area contributed by atoms with Gasteiger partial charge >= 0.3 is 0 Å². The molecule has 3 aromatic rings. The van der Waals surface area contributed by atoms with Crippen LogP contribution >= 0.6 is 11.8 Å². The van der Waals surface area contributed by atoms with E-state index < -0.39 is 0 Å². The molecule has 25 heavy (non-hydrogen) atoms. The summed E-state index contributed by atoms with van der Waals surface area (Å²) in [4.78, 5) is 14.6. The third-order valence-electron chi connectivity index (χ3n) is 4.16. The molecule has 0 radical (unpaired) electrons. The molecule has 0 spiro atoms. The number of quaternary nitrogens is 1. The van der Waals surface area contributed by atoms with Gasteiger partial charge in [-0.2, -0.15) is 0 Å². The van der Waals surface area contributed by atoms with Gasteiger partial charge in [0.15, 0.2) is 6.54 Å². The van der Waals surface area contributed by atoms with Crippen molar-refractivity contribution in [1.82, 2.24) is 0 Å². The Labute approximate surface area is 153 Å². The number of fused-ring (bicyclic) bond motifs is 1. The second-order valence-corrected chi connectivity index (χ2v) is 7.09. The minimum atomic E-state index is 0.0415. The highest BCUT2D eigenvalue weighted by atomic mass is 32.2. The van der Waals surface area contributed by atoms with Gasteiger partial charge in [0.05, 0.1) is 12.7 Å². The van der Waals surface area contributed by atoms with Crippen molar-refractivity contribution in [1.29, 1.82) is 0 Å². The van der Waals surface area contributed by atoms with Crippen LogP contribution in [0.4, 0.5) is 5.69 Å². The minimum Gasteiger partial charge on any atom is -0.326 e. The zero-order chi connectivity index (χ0) is 17.6. The zero-order valence-corrected chi connectivity index (χ0v) is 15.4. The van der Waals surface area contributed by atoms with Crippen molar-refractivity contribution >= 4 is 34.1 Å². The molecular formula is C21H23N2OS+. The van der Waals surface area contributed by atoms with Crippen molar-refractivity contribution in [3.63, 3.8) is 0 Å². The third kappa shape index (κ3) is 4.62. The number of amides is 1. The molecule has 2 N–H and O–H groups in total. The Bertz CT molecular complexity index is 878. The molecule has 1 unspecified atom stereocenters. The van der Waals surface area contributed by atoms with E-state index in [-0.39, 0.29) is 5.91 Å². The standard InChI is InChI=1S/C21H22N2OS/c1-23(14-16-11-12-17-7-3-4-8-18(17)13-16)15-21(24)22-19-9-5-6-10-20(19)25-2/h3-13H,14-15H2,1-2H3,(H,22,24)/p+1. The highest BCUT2D eigenvalue weighted by Gasteiger charge is 2.12. The molecule has 3 nitrogen and oxygen atoms in total. The molecule has 1 atom stereocenters. The molecule has 0 aliphatic carbocycles. The average molecular weight is 351 g/mol. The lowest BCUT2D eigenvalue weighted by molar-refractivity contribution is -0.885. The maximum absolute atomic E-state index is 12.4. The Kier molecular flexibility index (Phi) is 5.74. The Hall–Kier alpha value is -2.30. The third-order valence-corrected chi connectivity index (χ3v) is 4.96. The van der Waals surface area contributed by atoms with E-state index in [9.17, 15) is 4.79 Å². The zero-order valence-electron chi connectivity index (χ0n) is 14.6. The summed E-state index contributed by atoms with van der Waals surface area (Å²) < 4.78 is 0. The molecule has 0 heterocycles. The monoisotopic (exact) mass is 351 g/mol. The highest BCUT2D eigenvalue weighted by molar-refractivity contribution is 7.98. The van der Waals surface area contributed by atoms with Crippen molar-refractivity contribution < 1.29 is 9.69 Å². The topological polar surface area (TPSA) is 33.5 Å². The van der Waals surface area contributed by atoms with E-state index in [0.717, 1.165) is 22.0 Å². The van der Waals surface area contributed by atoms with E-state index in [1.165, 1.54) is 16.3 Å². The van der Waals surface area contributed by atoms with E-state index in [4.69, 9.17) is 0 Å². The van der Waals surface area contributed by atoms with Crippen molar-refractivity contribution in [3.05, 3.63) is 72.3 Å². The summed E-state index contributed by atoms with van der Waals surface area (Å²) in [6.07, 6.45) is 2.02. The van der Waals surface area contributed by atoms with Gasteiger partial charge in [0.2, 0.25) is 0 Å². The normalized spacial score (nSPS) is 12.1. The second kappa shape index (κ2) is 8.19. The molecule has 3 aromatic carbocycles. The molecule has 3 rings (SSSR count). The molecule has 0 aromatic heterocycles. The minimum absolute atomic E-state index is 0.0415. The van der Waals surface area contributed by atoms with Crippen LogP contribution in [0.15, 0.2) is 71.6 Å². The first-order valence-corrected chi connectivity index (χ1v) is 9.60. The first kappa shape index (κ1) is 17.5. The maximum atomic E-state index is 12.4. The number of rotatable bonds is 6. The van der Waals surface area contributed by atoms with E-state index in [1.54, 1.807) is 11.8 Å². The first-order chi connectivity index (χ1) is 12.2. The summed E-state index contributed by atoms with van der Waals surface area (Å²) in [6, 6.07) is 22.7. The molecule has 0 saturated heterocycles. The fourth-order valence-corrected chi connectivity index (χ4v) is 3.53. The summed E-state index contributed by atoms with van der Waals surface area (Å²) in [7, 11) is 2.05. The number of nitrogens with one attached hydrogen (secondary N) is 2. The van der Waals surface area contributed by atoms with Crippen LogP contribution < -0.4 is 10.2 Å². The molecule has 0 saturated carbocycles. The lowest BCUT2D eigenvalue weighted by Crippen LogP contribution is -3.08. The van der Waals surface area contributed by atoms with Crippen LogP contribution in [0, 0.1) is 0 Å². The van der Waals surface area contributed by atoms with E-state index in [0.29, 0.717) is 6.54 Å². The molecule has 0 aliphatic heterocycles. The van der Waals surface area contributed by atoms with E-state index in [2.05, 4.69) is 54.8 Å². The second-order valence-electron chi connectivity index (χ2n) is 6.24. The van der Waals surface area contributed by atoms with Gasteiger partial charge in [-0.15, -0.1) is 11.8 Å². The molecule has 0 aliphatic rings. The van der Waals surface area contributed by atoms with Crippen LogP contribution in [-0.4, -0.2) is 25.8 Å². The van der Waals surface area contributed by atoms with Gasteiger partial charge in [0.25, 0.3) is 5.91 Å². The number of hydrogen-bond acceptors (Lipinski definition) is 2. The molecule has 0 bridgehead atoms. The van der Waals surface area contributed by atoms with Crippen molar-refractivity contribution in [2.45, 2.75) is 11.4 Å². The number of carbonyl (C=O) groups is 1. The predicted molar refractivity (Wildman–Crippen MR) is 106 cm³/mol. The molecule has 4 heteroatoms. The SMILES string of the molecule is CSc1ccccc1NC(=O)C[NH+](C)Cc1ccc2ccccc2c1. The van der Waals surface area contributed by atoms with Crippen LogP contribution in [-0.2, 0) is 11.3 Å². The van der Waals surface area contributed by atoms with Crippen LogP contribution in [0.2, 0.25) is 0 Å².